The van der Waals surface area contributed by atoms with E-state index in [9.17, 15) is 4.79 Å². The van der Waals surface area contributed by atoms with E-state index in [0.717, 1.165) is 11.0 Å². The highest BCUT2D eigenvalue weighted by Crippen LogP contribution is 2.31. The minimum atomic E-state index is -0.184. The summed E-state index contributed by atoms with van der Waals surface area (Å²) in [5, 5.41) is 1.50. The lowest BCUT2D eigenvalue weighted by atomic mass is 10.2. The second-order valence-electron chi connectivity index (χ2n) is 6.22. The highest BCUT2D eigenvalue weighted by Gasteiger charge is 2.22. The Hall–Kier alpha value is -3.37. The highest BCUT2D eigenvalue weighted by atomic mass is 35.5. The first-order valence-corrected chi connectivity index (χ1v) is 8.85. The van der Waals surface area contributed by atoms with Gasteiger partial charge in [0.1, 0.15) is 5.58 Å². The third-order valence-electron chi connectivity index (χ3n) is 4.49. The molecule has 0 fully saturated rings. The zero-order chi connectivity index (χ0) is 18.4. The second kappa shape index (κ2) is 6.11. The summed E-state index contributed by atoms with van der Waals surface area (Å²) >= 11 is 6.19. The minimum Gasteiger partial charge on any atom is -0.453 e. The number of para-hydroxylation sites is 1. The van der Waals surface area contributed by atoms with Gasteiger partial charge in [0.25, 0.3) is 5.91 Å². The molecule has 0 unspecified atom stereocenters. The summed E-state index contributed by atoms with van der Waals surface area (Å²) in [4.78, 5) is 17.9. The lowest BCUT2D eigenvalue weighted by Gasteiger charge is -2.06. The van der Waals surface area contributed by atoms with E-state index in [-0.39, 0.29) is 5.91 Å². The number of hydrogen-bond donors (Lipinski definition) is 0. The molecule has 0 aliphatic carbocycles. The molecule has 0 amide bonds. The Morgan fingerprint density at radius 3 is 2.52 bits per heavy atom. The Balaban J connectivity index is 1.80. The van der Waals surface area contributed by atoms with Crippen LogP contribution in [0, 0.1) is 0 Å². The van der Waals surface area contributed by atoms with Gasteiger partial charge in [-0.2, -0.15) is 0 Å². The van der Waals surface area contributed by atoms with Crippen molar-refractivity contribution in [3.63, 3.8) is 0 Å². The molecule has 5 heteroatoms. The quantitative estimate of drug-likeness (QED) is 0.394. The molecule has 0 atom stereocenters. The monoisotopic (exact) mass is 372 g/mol. The number of benzene rings is 3. The molecular formula is C22H13ClN2O2. The molecule has 4 nitrogen and oxygen atoms in total. The number of nitrogens with zero attached hydrogens (tertiary/aromatic N) is 2. The van der Waals surface area contributed by atoms with Gasteiger partial charge in [-0.3, -0.25) is 9.36 Å². The maximum atomic E-state index is 13.3. The second-order valence-corrected chi connectivity index (χ2v) is 6.66. The Bertz CT molecular complexity index is 1270. The number of rotatable bonds is 2. The van der Waals surface area contributed by atoms with E-state index in [2.05, 4.69) is 4.98 Å². The van der Waals surface area contributed by atoms with E-state index >= 15 is 0 Å². The smallest absolute Gasteiger partial charge is 0.264 e. The molecule has 5 rings (SSSR count). The maximum Gasteiger partial charge on any atom is 0.264 e. The SMILES string of the molecule is O=C(c1ccccc1)n1c(-c2cc3ccccc3o2)nc2ccc(Cl)cc21. The van der Waals surface area contributed by atoms with Crippen molar-refractivity contribution in [3.05, 3.63) is 89.4 Å². The van der Waals surface area contributed by atoms with Crippen LogP contribution < -0.4 is 0 Å². The summed E-state index contributed by atoms with van der Waals surface area (Å²) in [6.07, 6.45) is 0. The number of carbonyl (C=O) groups is 1. The Morgan fingerprint density at radius 1 is 0.926 bits per heavy atom. The van der Waals surface area contributed by atoms with Crippen molar-refractivity contribution in [1.82, 2.24) is 9.55 Å². The van der Waals surface area contributed by atoms with Crippen LogP contribution in [0.3, 0.4) is 0 Å². The van der Waals surface area contributed by atoms with Gasteiger partial charge in [-0.05, 0) is 42.5 Å². The van der Waals surface area contributed by atoms with Crippen molar-refractivity contribution in [2.75, 3.05) is 0 Å². The van der Waals surface area contributed by atoms with Crippen LogP contribution >= 0.6 is 11.6 Å². The van der Waals surface area contributed by atoms with Gasteiger partial charge in [0.2, 0.25) is 0 Å². The lowest BCUT2D eigenvalue weighted by molar-refractivity contribution is 0.0966. The summed E-state index contributed by atoms with van der Waals surface area (Å²) in [6, 6.07) is 24.0. The zero-order valence-electron chi connectivity index (χ0n) is 14.1. The molecule has 0 radical (unpaired) electrons. The fourth-order valence-electron chi connectivity index (χ4n) is 3.22. The number of halogens is 1. The molecule has 0 aliphatic rings. The average molecular weight is 373 g/mol. The number of hydrogen-bond acceptors (Lipinski definition) is 3. The first-order valence-electron chi connectivity index (χ1n) is 8.47. The van der Waals surface area contributed by atoms with Crippen molar-refractivity contribution in [1.29, 1.82) is 0 Å². The summed E-state index contributed by atoms with van der Waals surface area (Å²) in [6.45, 7) is 0. The lowest BCUT2D eigenvalue weighted by Crippen LogP contribution is -2.13. The summed E-state index contributed by atoms with van der Waals surface area (Å²) in [5.74, 6) is 0.806. The van der Waals surface area contributed by atoms with Crippen LogP contribution in [0.2, 0.25) is 5.02 Å². The van der Waals surface area contributed by atoms with Gasteiger partial charge in [0.05, 0.1) is 11.0 Å². The van der Waals surface area contributed by atoms with Gasteiger partial charge in [-0.15, -0.1) is 0 Å². The van der Waals surface area contributed by atoms with Gasteiger partial charge in [-0.25, -0.2) is 4.98 Å². The van der Waals surface area contributed by atoms with Gasteiger partial charge in [-0.1, -0.05) is 48.0 Å². The van der Waals surface area contributed by atoms with E-state index in [4.69, 9.17) is 16.0 Å². The maximum absolute atomic E-state index is 13.3. The van der Waals surface area contributed by atoms with E-state index in [1.807, 2.05) is 48.5 Å². The first-order chi connectivity index (χ1) is 13.2. The van der Waals surface area contributed by atoms with Crippen molar-refractivity contribution in [2.45, 2.75) is 0 Å². The Labute approximate surface area is 159 Å². The number of imidazole rings is 1. The topological polar surface area (TPSA) is 48.0 Å². The molecule has 0 saturated carbocycles. The molecule has 5 aromatic rings. The van der Waals surface area contributed by atoms with Crippen LogP contribution in [-0.2, 0) is 0 Å². The molecule has 0 aliphatic heterocycles. The molecule has 3 aromatic carbocycles. The van der Waals surface area contributed by atoms with Crippen LogP contribution in [-0.4, -0.2) is 15.5 Å². The molecule has 2 aromatic heterocycles. The van der Waals surface area contributed by atoms with E-state index in [1.165, 1.54) is 0 Å². The first kappa shape index (κ1) is 15.9. The van der Waals surface area contributed by atoms with Gasteiger partial charge in [0, 0.05) is 16.0 Å². The van der Waals surface area contributed by atoms with E-state index < -0.39 is 0 Å². The molecule has 0 saturated heterocycles. The molecule has 0 spiro atoms. The Kier molecular flexibility index (Phi) is 3.59. The standard InChI is InChI=1S/C22H13ClN2O2/c23-16-10-11-17-18(13-16)25(22(26)14-6-2-1-3-7-14)21(24-17)20-12-15-8-4-5-9-19(15)27-20/h1-13H. The summed E-state index contributed by atoms with van der Waals surface area (Å²) < 4.78 is 7.54. The van der Waals surface area contributed by atoms with Crippen LogP contribution in [0.4, 0.5) is 0 Å². The van der Waals surface area contributed by atoms with Crippen molar-refractivity contribution < 1.29 is 9.21 Å². The van der Waals surface area contributed by atoms with Crippen molar-refractivity contribution in [2.24, 2.45) is 0 Å². The van der Waals surface area contributed by atoms with Crippen LogP contribution in [0.1, 0.15) is 10.4 Å². The molecule has 2 heterocycles. The highest BCUT2D eigenvalue weighted by molar-refractivity contribution is 6.31. The fraction of sp³-hybridized carbons (Fsp3) is 0. The predicted molar refractivity (Wildman–Crippen MR) is 106 cm³/mol. The van der Waals surface area contributed by atoms with Crippen LogP contribution in [0.15, 0.2) is 83.3 Å². The normalized spacial score (nSPS) is 11.3. The van der Waals surface area contributed by atoms with Crippen molar-refractivity contribution >= 4 is 39.5 Å². The molecule has 0 N–H and O–H groups in total. The molecular weight excluding hydrogens is 360 g/mol. The number of furan rings is 1. The molecule has 130 valence electrons. The third kappa shape index (κ3) is 2.62. The zero-order valence-corrected chi connectivity index (χ0v) is 14.9. The van der Waals surface area contributed by atoms with E-state index in [1.54, 1.807) is 34.9 Å². The van der Waals surface area contributed by atoms with Crippen molar-refractivity contribution in [3.8, 4) is 11.6 Å². The minimum absolute atomic E-state index is 0.184. The van der Waals surface area contributed by atoms with Gasteiger partial charge >= 0.3 is 0 Å². The third-order valence-corrected chi connectivity index (χ3v) is 4.72. The van der Waals surface area contributed by atoms with Crippen LogP contribution in [0.25, 0.3) is 33.6 Å². The van der Waals surface area contributed by atoms with Gasteiger partial charge < -0.3 is 4.42 Å². The average Bonchev–Trinajstić information content (AvgIpc) is 3.29. The predicted octanol–water partition coefficient (Wildman–Crippen LogP) is 5.79. The molecule has 0 bridgehead atoms. The number of aromatic nitrogens is 2. The van der Waals surface area contributed by atoms with E-state index in [0.29, 0.717) is 33.2 Å². The largest absolute Gasteiger partial charge is 0.453 e. The molecule has 27 heavy (non-hydrogen) atoms. The Morgan fingerprint density at radius 2 is 1.70 bits per heavy atom. The van der Waals surface area contributed by atoms with Gasteiger partial charge in [0.15, 0.2) is 11.6 Å². The summed E-state index contributed by atoms with van der Waals surface area (Å²) in [7, 11) is 0. The summed E-state index contributed by atoms with van der Waals surface area (Å²) in [5.41, 5.74) is 2.64. The fourth-order valence-corrected chi connectivity index (χ4v) is 3.39. The number of fused-ring (bicyclic) bond motifs is 2. The number of carbonyl (C=O) groups excluding carboxylic acids is 1. The van der Waals surface area contributed by atoms with Crippen LogP contribution in [0.5, 0.6) is 0 Å².